The van der Waals surface area contributed by atoms with Gasteiger partial charge < -0.3 is 101 Å². The van der Waals surface area contributed by atoms with Crippen LogP contribution in [0.15, 0.2) is 12.2 Å². The van der Waals surface area contributed by atoms with Crippen LogP contribution in [0, 0.1) is 0 Å². The lowest BCUT2D eigenvalue weighted by atomic mass is 9.88. The first-order chi connectivity index (χ1) is 35.0. The second kappa shape index (κ2) is 35.4. The Bertz CT molecular complexity index is 1520. The summed E-state index contributed by atoms with van der Waals surface area (Å²) in [6.07, 6.45) is -1.58. The van der Waals surface area contributed by atoms with E-state index in [1.165, 1.54) is 77.0 Å². The molecule has 15 N–H and O–H groups in total. The summed E-state index contributed by atoms with van der Waals surface area (Å²) in [7, 11) is 0. The van der Waals surface area contributed by atoms with Crippen molar-refractivity contribution in [2.45, 2.75) is 271 Å². The number of allylic oxidation sites excluding steroid dienone is 1. The molecule has 3 aliphatic rings. The van der Waals surface area contributed by atoms with Gasteiger partial charge in [0, 0.05) is 12.8 Å². The fourth-order valence-corrected chi connectivity index (χ4v) is 9.50. The predicted octanol–water partition coefficient (Wildman–Crippen LogP) is 0.647. The minimum Gasteiger partial charge on any atom is -0.477 e. The number of aliphatic carboxylic acids is 1. The molecule has 22 heteroatoms. The maximum absolute atomic E-state index is 13.2. The maximum Gasteiger partial charge on any atom is 0.364 e. The van der Waals surface area contributed by atoms with Gasteiger partial charge in [0.25, 0.3) is 5.79 Å². The van der Waals surface area contributed by atoms with E-state index < -0.39 is 149 Å². The van der Waals surface area contributed by atoms with Crippen molar-refractivity contribution >= 4 is 11.9 Å². The molecule has 3 heterocycles. The van der Waals surface area contributed by atoms with E-state index in [2.05, 4.69) is 19.2 Å². The van der Waals surface area contributed by atoms with Gasteiger partial charge in [-0.05, 0) is 19.3 Å². The lowest BCUT2D eigenvalue weighted by molar-refractivity contribution is -0.386. The Hall–Kier alpha value is -2.04. The minimum absolute atomic E-state index is 0.211. The van der Waals surface area contributed by atoms with Crippen molar-refractivity contribution in [1.29, 1.82) is 0 Å². The number of amides is 1. The van der Waals surface area contributed by atoms with Crippen molar-refractivity contribution in [1.82, 2.24) is 5.32 Å². The highest BCUT2D eigenvalue weighted by molar-refractivity contribution is 5.76. The third kappa shape index (κ3) is 21.0. The fraction of sp³-hybridized carbons (Fsp3) is 0.922. The van der Waals surface area contributed by atoms with Crippen LogP contribution in [-0.2, 0) is 38.0 Å². The van der Waals surface area contributed by atoms with Gasteiger partial charge >= 0.3 is 5.97 Å². The second-order valence-corrected chi connectivity index (χ2v) is 20.2. The smallest absolute Gasteiger partial charge is 0.364 e. The number of nitrogens with two attached hydrogens (primary N) is 1. The lowest BCUT2D eigenvalue weighted by Gasteiger charge is -2.50. The summed E-state index contributed by atoms with van der Waals surface area (Å²) in [4.78, 5) is 26.0. The quantitative estimate of drug-likeness (QED) is 0.0298. The maximum atomic E-state index is 13.2. The van der Waals surface area contributed by atoms with Gasteiger partial charge in [-0.15, -0.1) is 0 Å². The Morgan fingerprint density at radius 1 is 0.699 bits per heavy atom. The van der Waals surface area contributed by atoms with Crippen molar-refractivity contribution in [3.8, 4) is 0 Å². The summed E-state index contributed by atoms with van der Waals surface area (Å²) in [5.74, 6) is -5.25. The second-order valence-electron chi connectivity index (χ2n) is 20.2. The van der Waals surface area contributed by atoms with Crippen molar-refractivity contribution in [3.63, 3.8) is 0 Å². The number of rotatable bonds is 38. The summed E-state index contributed by atoms with van der Waals surface area (Å²) in [6.45, 7) is 1.11. The number of unbranched alkanes of at least 4 members (excludes halogenated alkanes) is 19. The molecule has 1 amide bonds. The number of hydrogen-bond acceptors (Lipinski definition) is 20. The Morgan fingerprint density at radius 3 is 1.77 bits per heavy atom. The molecule has 3 saturated heterocycles. The summed E-state index contributed by atoms with van der Waals surface area (Å²) in [6, 6.07) is -2.54. The summed E-state index contributed by atoms with van der Waals surface area (Å²) in [5, 5.41) is 131. The molecular weight excluding hydrogens is 961 g/mol. The van der Waals surface area contributed by atoms with E-state index in [4.69, 9.17) is 34.2 Å². The zero-order valence-corrected chi connectivity index (χ0v) is 43.3. The first kappa shape index (κ1) is 65.2. The van der Waals surface area contributed by atoms with E-state index in [9.17, 15) is 70.9 Å². The van der Waals surface area contributed by atoms with Gasteiger partial charge in [0.2, 0.25) is 5.91 Å². The van der Waals surface area contributed by atoms with Gasteiger partial charge in [-0.1, -0.05) is 142 Å². The third-order valence-corrected chi connectivity index (χ3v) is 14.1. The first-order valence-electron chi connectivity index (χ1n) is 27.2. The van der Waals surface area contributed by atoms with Crippen LogP contribution in [0.1, 0.15) is 162 Å². The zero-order chi connectivity index (χ0) is 53.9. The zero-order valence-electron chi connectivity index (χ0n) is 43.3. The molecule has 428 valence electrons. The lowest BCUT2D eigenvalue weighted by Crippen LogP contribution is -2.70. The average molecular weight is 1060 g/mol. The van der Waals surface area contributed by atoms with E-state index in [-0.39, 0.29) is 12.3 Å². The summed E-state index contributed by atoms with van der Waals surface area (Å²) >= 11 is 0. The predicted molar refractivity (Wildman–Crippen MR) is 264 cm³/mol. The molecule has 0 radical (unpaired) electrons. The normalized spacial score (nSPS) is 32.6. The van der Waals surface area contributed by atoms with Gasteiger partial charge in [0.05, 0.1) is 50.7 Å². The van der Waals surface area contributed by atoms with Crippen molar-refractivity contribution < 1.29 is 99.3 Å². The Kier molecular flexibility index (Phi) is 31.6. The number of carbonyl (C=O) groups is 2. The fourth-order valence-electron chi connectivity index (χ4n) is 9.50. The molecule has 4 unspecified atom stereocenters. The van der Waals surface area contributed by atoms with Gasteiger partial charge in [0.1, 0.15) is 67.1 Å². The van der Waals surface area contributed by atoms with Crippen LogP contribution in [0.25, 0.3) is 0 Å². The third-order valence-electron chi connectivity index (χ3n) is 14.1. The van der Waals surface area contributed by atoms with E-state index in [0.717, 1.165) is 44.9 Å². The highest BCUT2D eigenvalue weighted by Crippen LogP contribution is 2.38. The highest BCUT2D eigenvalue weighted by atomic mass is 16.8. The molecule has 0 spiro atoms. The molecule has 22 nitrogen and oxygen atoms in total. The highest BCUT2D eigenvalue weighted by Gasteiger charge is 2.59. The molecular formula is C51H94N2O20. The van der Waals surface area contributed by atoms with Crippen molar-refractivity contribution in [2.24, 2.45) is 5.73 Å². The monoisotopic (exact) mass is 1050 g/mol. The summed E-state index contributed by atoms with van der Waals surface area (Å²) in [5.41, 5.74) is 5.95. The standard InChI is InChI=1S/C51H94N2O20/c1-3-5-7-9-11-13-14-15-16-18-19-21-23-25-33(57)32(53-38(60)26-24-22-20-17-12-10-8-6-4-2)31-68-48-43(64)42(63)45(37(30-56)70-48)71-49-44(65)47(41(62)36(29-55)69-49)73-51(50(66)67)27-34(58)39(52)46(72-51)40(61)35(59)28-54/h23,25,32-37,39-49,54-59,61-65H,3-22,24,26-31,52H2,1-2H3,(H,53,60)(H,66,67)/b25-23+/t32?,33?,34-,35?,36-,37-,39+,40?,41+,42-,43-,44-,45-,46+,47+,48-,49+,51+/m1/s1. The number of nitrogens with one attached hydrogen (secondary N) is 1. The molecule has 3 aliphatic heterocycles. The van der Waals surface area contributed by atoms with E-state index in [1.54, 1.807) is 6.08 Å². The van der Waals surface area contributed by atoms with Gasteiger partial charge in [-0.25, -0.2) is 4.79 Å². The minimum atomic E-state index is -2.99. The van der Waals surface area contributed by atoms with Gasteiger partial charge in [-0.3, -0.25) is 4.79 Å². The average Bonchev–Trinajstić information content (AvgIpc) is 3.37. The van der Waals surface area contributed by atoms with Crippen LogP contribution in [0.4, 0.5) is 0 Å². The summed E-state index contributed by atoms with van der Waals surface area (Å²) < 4.78 is 34.3. The van der Waals surface area contributed by atoms with E-state index in [0.29, 0.717) is 12.8 Å². The van der Waals surface area contributed by atoms with Gasteiger partial charge in [0.15, 0.2) is 12.6 Å². The van der Waals surface area contributed by atoms with Crippen molar-refractivity contribution in [2.75, 3.05) is 26.4 Å². The van der Waals surface area contributed by atoms with Crippen LogP contribution >= 0.6 is 0 Å². The molecule has 0 aromatic heterocycles. The molecule has 0 aliphatic carbocycles. The first-order valence-corrected chi connectivity index (χ1v) is 27.2. The number of carboxylic acid groups (broad SMARTS) is 1. The van der Waals surface area contributed by atoms with Crippen LogP contribution < -0.4 is 11.1 Å². The number of aliphatic hydroxyl groups excluding tert-OH is 11. The Labute approximate surface area is 431 Å². The molecule has 73 heavy (non-hydrogen) atoms. The van der Waals surface area contributed by atoms with Gasteiger partial charge in [-0.2, -0.15) is 0 Å². The van der Waals surface area contributed by atoms with Crippen LogP contribution in [0.2, 0.25) is 0 Å². The Morgan fingerprint density at radius 2 is 1.23 bits per heavy atom. The van der Waals surface area contributed by atoms with E-state index >= 15 is 0 Å². The SMILES string of the molecule is CCCCCCCCCCCCC/C=C/C(O)C(CO[C@@H]1O[C@H](CO)[C@@H](O[C@@H]2O[C@H](CO)[C@H](O)[C@H](O[C@]3(C(=O)O)C[C@@H](O)[C@H](N)[C@@H](C(O)C(O)CO)O3)[C@H]2O)[C@H](O)[C@H]1O)NC(=O)CCCCCCCCCCC. The van der Waals surface area contributed by atoms with Crippen LogP contribution in [0.5, 0.6) is 0 Å². The molecule has 0 bridgehead atoms. The van der Waals surface area contributed by atoms with E-state index in [1.807, 2.05) is 6.08 Å². The van der Waals surface area contributed by atoms with Crippen LogP contribution in [-0.4, -0.2) is 209 Å². The number of ether oxygens (including phenoxy) is 6. The Balaban J connectivity index is 1.68. The number of aliphatic hydroxyl groups is 11. The number of hydrogen-bond donors (Lipinski definition) is 14. The van der Waals surface area contributed by atoms with Crippen molar-refractivity contribution in [3.05, 3.63) is 12.2 Å². The largest absolute Gasteiger partial charge is 0.477 e. The molecule has 3 rings (SSSR count). The molecule has 0 aromatic carbocycles. The molecule has 0 saturated carbocycles. The number of carbonyl (C=O) groups excluding carboxylic acids is 1. The topological polar surface area (TPSA) is 370 Å². The molecule has 18 atom stereocenters. The molecule has 0 aromatic rings. The number of carboxylic acids is 1. The van der Waals surface area contributed by atoms with Crippen LogP contribution in [0.3, 0.4) is 0 Å². The molecule has 3 fully saturated rings.